The van der Waals surface area contributed by atoms with Gasteiger partial charge in [0.2, 0.25) is 5.91 Å². The summed E-state index contributed by atoms with van der Waals surface area (Å²) < 4.78 is 0. The van der Waals surface area contributed by atoms with E-state index < -0.39 is 0 Å². The highest BCUT2D eigenvalue weighted by atomic mass is 16.3. The van der Waals surface area contributed by atoms with E-state index >= 15 is 0 Å². The second-order valence-corrected chi connectivity index (χ2v) is 6.05. The molecule has 4 atom stereocenters. The fraction of sp³-hybridized carbons (Fsp3) is 0.562. The number of aliphatic hydroxyl groups excluding tert-OH is 1. The molecule has 1 amide bonds. The monoisotopic (exact) mass is 274 g/mol. The second kappa shape index (κ2) is 5.54. The molecule has 4 heteroatoms. The minimum atomic E-state index is -0.262. The Hall–Kier alpha value is -1.39. The average Bonchev–Trinajstić information content (AvgIpc) is 2.58. The lowest BCUT2D eigenvalue weighted by molar-refractivity contribution is -0.120. The summed E-state index contributed by atoms with van der Waals surface area (Å²) in [5.41, 5.74) is 1.29. The van der Waals surface area contributed by atoms with Gasteiger partial charge in [-0.2, -0.15) is 0 Å². The molecule has 0 aromatic heterocycles. The van der Waals surface area contributed by atoms with Crippen LogP contribution >= 0.6 is 0 Å². The van der Waals surface area contributed by atoms with Crippen molar-refractivity contribution in [3.63, 3.8) is 0 Å². The highest BCUT2D eigenvalue weighted by Crippen LogP contribution is 2.37. The normalized spacial score (nSPS) is 33.1. The van der Waals surface area contributed by atoms with Crippen LogP contribution in [-0.4, -0.2) is 40.1 Å². The van der Waals surface area contributed by atoms with Crippen LogP contribution in [0.3, 0.4) is 0 Å². The Morgan fingerprint density at radius 1 is 1.30 bits per heavy atom. The summed E-state index contributed by atoms with van der Waals surface area (Å²) in [6.45, 7) is 2.45. The number of nitrogens with zero attached hydrogens (tertiary/aromatic N) is 1. The first kappa shape index (κ1) is 13.6. The Morgan fingerprint density at radius 2 is 2.05 bits per heavy atom. The van der Waals surface area contributed by atoms with Crippen molar-refractivity contribution < 1.29 is 9.90 Å². The zero-order valence-electron chi connectivity index (χ0n) is 11.8. The van der Waals surface area contributed by atoms with Gasteiger partial charge in [-0.1, -0.05) is 30.3 Å². The summed E-state index contributed by atoms with van der Waals surface area (Å²) in [5.74, 6) is 0.0281. The molecule has 2 saturated heterocycles. The largest absolute Gasteiger partial charge is 0.391 e. The number of carbonyl (C=O) groups excluding carboxylic acids is 1. The lowest BCUT2D eigenvalue weighted by Gasteiger charge is -2.39. The van der Waals surface area contributed by atoms with Gasteiger partial charge in [-0.25, -0.2) is 0 Å². The maximum atomic E-state index is 11.2. The van der Waals surface area contributed by atoms with E-state index in [1.807, 2.05) is 6.07 Å². The van der Waals surface area contributed by atoms with Crippen molar-refractivity contribution in [1.82, 2.24) is 10.2 Å². The Bertz CT molecular complexity index is 477. The Kier molecular flexibility index (Phi) is 3.76. The minimum absolute atomic E-state index is 0.0281. The number of aliphatic hydroxyl groups is 1. The van der Waals surface area contributed by atoms with E-state index in [0.29, 0.717) is 6.04 Å². The third-order valence-electron chi connectivity index (χ3n) is 4.55. The van der Waals surface area contributed by atoms with Gasteiger partial charge in [0, 0.05) is 31.6 Å². The van der Waals surface area contributed by atoms with Crippen LogP contribution in [0.5, 0.6) is 0 Å². The van der Waals surface area contributed by atoms with Crippen molar-refractivity contribution in [1.29, 1.82) is 0 Å². The molecule has 4 nitrogen and oxygen atoms in total. The van der Waals surface area contributed by atoms with Crippen LogP contribution in [0.2, 0.25) is 0 Å². The van der Waals surface area contributed by atoms with Crippen molar-refractivity contribution in [3.8, 4) is 0 Å². The van der Waals surface area contributed by atoms with E-state index in [9.17, 15) is 9.90 Å². The van der Waals surface area contributed by atoms with Crippen LogP contribution in [0.4, 0.5) is 0 Å². The van der Waals surface area contributed by atoms with E-state index in [4.69, 9.17) is 0 Å². The average molecular weight is 274 g/mol. The number of benzene rings is 1. The third kappa shape index (κ3) is 2.72. The molecule has 4 unspecified atom stereocenters. The first-order chi connectivity index (χ1) is 9.63. The number of nitrogens with one attached hydrogen (secondary N) is 1. The lowest BCUT2D eigenvalue weighted by atomic mass is 9.96. The molecule has 2 aliphatic heterocycles. The molecule has 108 valence electrons. The second-order valence-electron chi connectivity index (χ2n) is 6.05. The fourth-order valence-electron chi connectivity index (χ4n) is 3.75. The smallest absolute Gasteiger partial charge is 0.217 e. The number of amides is 1. The summed E-state index contributed by atoms with van der Waals surface area (Å²) in [6, 6.07) is 11.2. The number of fused-ring (bicyclic) bond motifs is 2. The summed E-state index contributed by atoms with van der Waals surface area (Å²) in [4.78, 5) is 13.6. The van der Waals surface area contributed by atoms with Crippen LogP contribution in [0.25, 0.3) is 0 Å². The third-order valence-corrected chi connectivity index (χ3v) is 4.55. The van der Waals surface area contributed by atoms with Gasteiger partial charge in [-0.05, 0) is 24.8 Å². The van der Waals surface area contributed by atoms with Crippen molar-refractivity contribution in [3.05, 3.63) is 35.9 Å². The van der Waals surface area contributed by atoms with Gasteiger partial charge in [-0.3, -0.25) is 9.69 Å². The molecule has 0 radical (unpaired) electrons. The molecule has 0 saturated carbocycles. The highest BCUT2D eigenvalue weighted by Gasteiger charge is 2.45. The maximum Gasteiger partial charge on any atom is 0.217 e. The molecular weight excluding hydrogens is 252 g/mol. The van der Waals surface area contributed by atoms with Gasteiger partial charge >= 0.3 is 0 Å². The van der Waals surface area contributed by atoms with Crippen LogP contribution in [0.1, 0.15) is 31.7 Å². The molecule has 0 spiro atoms. The molecule has 2 bridgehead atoms. The molecule has 2 N–H and O–H groups in total. The molecule has 2 aliphatic rings. The Balaban J connectivity index is 1.70. The number of piperidine rings is 1. The van der Waals surface area contributed by atoms with Crippen molar-refractivity contribution in [2.45, 2.75) is 57.0 Å². The molecule has 2 fully saturated rings. The zero-order chi connectivity index (χ0) is 14.1. The fourth-order valence-corrected chi connectivity index (χ4v) is 3.75. The van der Waals surface area contributed by atoms with E-state index in [1.165, 1.54) is 5.56 Å². The van der Waals surface area contributed by atoms with E-state index in [2.05, 4.69) is 34.5 Å². The molecule has 3 rings (SSSR count). The maximum absolute atomic E-state index is 11.2. The van der Waals surface area contributed by atoms with Gasteiger partial charge in [0.05, 0.1) is 6.10 Å². The summed E-state index contributed by atoms with van der Waals surface area (Å²) >= 11 is 0. The predicted molar refractivity (Wildman–Crippen MR) is 77.0 cm³/mol. The van der Waals surface area contributed by atoms with E-state index in [1.54, 1.807) is 6.92 Å². The summed E-state index contributed by atoms with van der Waals surface area (Å²) in [6.07, 6.45) is 2.36. The number of carbonyl (C=O) groups is 1. The van der Waals surface area contributed by atoms with E-state index in [-0.39, 0.29) is 24.1 Å². The van der Waals surface area contributed by atoms with Crippen LogP contribution in [0.15, 0.2) is 30.3 Å². The number of hydrogen-bond acceptors (Lipinski definition) is 3. The van der Waals surface area contributed by atoms with Gasteiger partial charge in [0.1, 0.15) is 0 Å². The molecule has 20 heavy (non-hydrogen) atoms. The van der Waals surface area contributed by atoms with Gasteiger partial charge in [0.25, 0.3) is 0 Å². The van der Waals surface area contributed by atoms with Crippen molar-refractivity contribution in [2.24, 2.45) is 0 Å². The van der Waals surface area contributed by atoms with Crippen molar-refractivity contribution in [2.75, 3.05) is 0 Å². The quantitative estimate of drug-likeness (QED) is 0.873. The Morgan fingerprint density at radius 3 is 2.70 bits per heavy atom. The summed E-state index contributed by atoms with van der Waals surface area (Å²) in [7, 11) is 0. The van der Waals surface area contributed by atoms with Crippen LogP contribution < -0.4 is 5.32 Å². The first-order valence-electron chi connectivity index (χ1n) is 7.38. The zero-order valence-corrected chi connectivity index (χ0v) is 11.8. The predicted octanol–water partition coefficient (Wildman–Crippen LogP) is 1.29. The SMILES string of the molecule is CC(=O)NC1CC2CC(O)C(C1)N2Cc1ccccc1. The molecule has 1 aromatic rings. The standard InChI is InChI=1S/C16H22N2O2/c1-11(19)17-13-7-14-9-16(20)15(8-13)18(14)10-12-5-3-2-4-6-12/h2-6,13-16,20H,7-10H2,1H3,(H,17,19). The topological polar surface area (TPSA) is 52.6 Å². The lowest BCUT2D eigenvalue weighted by Crippen LogP contribution is -2.51. The van der Waals surface area contributed by atoms with Gasteiger partial charge in [0.15, 0.2) is 0 Å². The first-order valence-corrected chi connectivity index (χ1v) is 7.38. The number of rotatable bonds is 3. The number of hydrogen-bond donors (Lipinski definition) is 2. The Labute approximate surface area is 119 Å². The highest BCUT2D eigenvalue weighted by molar-refractivity contribution is 5.73. The molecular formula is C16H22N2O2. The minimum Gasteiger partial charge on any atom is -0.391 e. The van der Waals surface area contributed by atoms with Crippen LogP contribution in [0, 0.1) is 0 Å². The van der Waals surface area contributed by atoms with E-state index in [0.717, 1.165) is 25.8 Å². The summed E-state index contributed by atoms with van der Waals surface area (Å²) in [5, 5.41) is 13.3. The molecule has 0 aliphatic carbocycles. The van der Waals surface area contributed by atoms with Gasteiger partial charge in [-0.15, -0.1) is 0 Å². The van der Waals surface area contributed by atoms with Crippen LogP contribution in [-0.2, 0) is 11.3 Å². The molecule has 2 heterocycles. The van der Waals surface area contributed by atoms with Gasteiger partial charge < -0.3 is 10.4 Å². The van der Waals surface area contributed by atoms with Crippen molar-refractivity contribution >= 4 is 5.91 Å². The molecule has 1 aromatic carbocycles.